The van der Waals surface area contributed by atoms with Crippen molar-refractivity contribution in [3.8, 4) is 11.5 Å². The normalized spacial score (nSPS) is 11.5. The van der Waals surface area contributed by atoms with Crippen LogP contribution in [0.4, 0.5) is 10.3 Å². The van der Waals surface area contributed by atoms with E-state index in [9.17, 15) is 12.8 Å². The number of hydrogen-bond acceptors (Lipinski definition) is 5. The van der Waals surface area contributed by atoms with Crippen LogP contribution in [0, 0.1) is 5.82 Å². The summed E-state index contributed by atoms with van der Waals surface area (Å²) in [5, 5.41) is -0.181. The summed E-state index contributed by atoms with van der Waals surface area (Å²) in [6.07, 6.45) is 0. The smallest absolute Gasteiger partial charge is 0.235 e. The van der Waals surface area contributed by atoms with Crippen molar-refractivity contribution >= 4 is 31.7 Å². The molecule has 130 valence electrons. The average molecular weight is 425 g/mol. The van der Waals surface area contributed by atoms with E-state index in [0.717, 1.165) is 4.47 Å². The molecule has 1 aromatic heterocycles. The van der Waals surface area contributed by atoms with E-state index in [1.54, 1.807) is 26.2 Å². The third kappa shape index (κ3) is 3.45. The molecule has 0 saturated carbocycles. The maximum atomic E-state index is 13.1. The summed E-state index contributed by atoms with van der Waals surface area (Å²) in [7, 11) is -0.544. The number of nitrogens with zero attached hydrogens (tertiary/aromatic N) is 2. The molecule has 0 aliphatic heterocycles. The van der Waals surface area contributed by atoms with Gasteiger partial charge in [-0.3, -0.25) is 0 Å². The van der Waals surface area contributed by atoms with E-state index in [1.165, 1.54) is 41.3 Å². The van der Waals surface area contributed by atoms with Gasteiger partial charge in [0.15, 0.2) is 0 Å². The summed E-state index contributed by atoms with van der Waals surface area (Å²) in [6, 6.07) is 11.8. The fourth-order valence-corrected chi connectivity index (χ4v) is 3.84. The van der Waals surface area contributed by atoms with Gasteiger partial charge in [0.1, 0.15) is 5.82 Å². The quantitative estimate of drug-likeness (QED) is 0.629. The first-order chi connectivity index (χ1) is 11.8. The summed E-state index contributed by atoms with van der Waals surface area (Å²) >= 11 is 3.28. The maximum absolute atomic E-state index is 13.1. The Balaban J connectivity index is 2.14. The van der Waals surface area contributed by atoms with E-state index in [1.807, 2.05) is 0 Å². The molecule has 0 unspecified atom stereocenters. The molecule has 8 heteroatoms. The summed E-state index contributed by atoms with van der Waals surface area (Å²) in [5.41, 5.74) is 0.488. The topological polar surface area (TPSA) is 63.4 Å². The van der Waals surface area contributed by atoms with Crippen LogP contribution in [0.3, 0.4) is 0 Å². The van der Waals surface area contributed by atoms with E-state index >= 15 is 0 Å². The van der Waals surface area contributed by atoms with Crippen LogP contribution in [0.15, 0.2) is 67.3 Å². The largest absolute Gasteiger partial charge is 0.419 e. The number of hydrogen-bond donors (Lipinski definition) is 0. The lowest BCUT2D eigenvalue weighted by atomic mass is 10.2. The predicted octanol–water partition coefficient (Wildman–Crippen LogP) is 4.14. The van der Waals surface area contributed by atoms with Crippen LogP contribution < -0.4 is 4.90 Å². The number of benzene rings is 2. The molecule has 0 aliphatic rings. The molecule has 0 fully saturated rings. The van der Waals surface area contributed by atoms with Gasteiger partial charge >= 0.3 is 0 Å². The fraction of sp³-hybridized carbons (Fsp3) is 0.118. The third-order valence-electron chi connectivity index (χ3n) is 3.46. The first kappa shape index (κ1) is 17.6. The van der Waals surface area contributed by atoms with Gasteiger partial charge in [-0.2, -0.15) is 4.98 Å². The van der Waals surface area contributed by atoms with Crippen molar-refractivity contribution in [2.45, 2.75) is 9.92 Å². The molecular weight excluding hydrogens is 411 g/mol. The van der Waals surface area contributed by atoms with Gasteiger partial charge in [0.25, 0.3) is 0 Å². The van der Waals surface area contributed by atoms with Gasteiger partial charge in [-0.1, -0.05) is 15.9 Å². The van der Waals surface area contributed by atoms with Gasteiger partial charge in [0.2, 0.25) is 26.6 Å². The Morgan fingerprint density at radius 1 is 1.04 bits per heavy atom. The van der Waals surface area contributed by atoms with Crippen LogP contribution in [0.2, 0.25) is 0 Å². The van der Waals surface area contributed by atoms with Crippen LogP contribution in [0.5, 0.6) is 0 Å². The minimum absolute atomic E-state index is 0.109. The summed E-state index contributed by atoms with van der Waals surface area (Å²) in [4.78, 5) is 5.81. The Morgan fingerprint density at radius 2 is 1.64 bits per heavy atom. The first-order valence-corrected chi connectivity index (χ1v) is 9.51. The SMILES string of the molecule is CN(C)c1oc(-c2ccc(F)cc2)nc1S(=O)(=O)c1ccc(Br)cc1. The number of aromatic nitrogens is 1. The van der Waals surface area contributed by atoms with Crippen LogP contribution in [0.25, 0.3) is 11.5 Å². The van der Waals surface area contributed by atoms with Crippen molar-refractivity contribution in [1.29, 1.82) is 0 Å². The van der Waals surface area contributed by atoms with Gasteiger partial charge in [0.05, 0.1) is 4.90 Å². The highest BCUT2D eigenvalue weighted by atomic mass is 79.9. The van der Waals surface area contributed by atoms with E-state index in [0.29, 0.717) is 5.56 Å². The molecule has 0 saturated heterocycles. The lowest BCUT2D eigenvalue weighted by Crippen LogP contribution is -2.13. The van der Waals surface area contributed by atoms with Crippen molar-refractivity contribution in [2.75, 3.05) is 19.0 Å². The molecule has 0 spiro atoms. The van der Waals surface area contributed by atoms with Crippen molar-refractivity contribution in [2.24, 2.45) is 0 Å². The summed E-state index contributed by atoms with van der Waals surface area (Å²) in [5.74, 6) is -0.174. The fourth-order valence-electron chi connectivity index (χ4n) is 2.20. The van der Waals surface area contributed by atoms with Crippen molar-refractivity contribution in [3.63, 3.8) is 0 Å². The van der Waals surface area contributed by atoms with Crippen LogP contribution in [-0.2, 0) is 9.84 Å². The van der Waals surface area contributed by atoms with Gasteiger partial charge in [0, 0.05) is 24.1 Å². The van der Waals surface area contributed by atoms with E-state index in [2.05, 4.69) is 20.9 Å². The highest BCUT2D eigenvalue weighted by Crippen LogP contribution is 2.34. The Bertz CT molecular complexity index is 997. The molecule has 1 heterocycles. The maximum Gasteiger partial charge on any atom is 0.235 e. The second kappa shape index (κ2) is 6.61. The molecule has 0 N–H and O–H groups in total. The minimum atomic E-state index is -3.87. The van der Waals surface area contributed by atoms with Crippen LogP contribution >= 0.6 is 15.9 Å². The lowest BCUT2D eigenvalue weighted by molar-refractivity contribution is 0.564. The van der Waals surface area contributed by atoms with E-state index < -0.39 is 15.7 Å². The molecule has 0 radical (unpaired) electrons. The highest BCUT2D eigenvalue weighted by Gasteiger charge is 2.29. The summed E-state index contributed by atoms with van der Waals surface area (Å²) < 4.78 is 45.4. The minimum Gasteiger partial charge on any atom is -0.419 e. The number of halogens is 2. The van der Waals surface area contributed by atoms with E-state index in [4.69, 9.17) is 4.42 Å². The third-order valence-corrected chi connectivity index (χ3v) is 5.65. The lowest BCUT2D eigenvalue weighted by Gasteiger charge is -2.10. The monoisotopic (exact) mass is 424 g/mol. The Labute approximate surface area is 153 Å². The zero-order chi connectivity index (χ0) is 18.2. The van der Waals surface area contributed by atoms with Crippen molar-refractivity contribution in [1.82, 2.24) is 4.98 Å². The molecule has 0 bridgehead atoms. The molecule has 3 rings (SSSR count). The second-order valence-corrected chi connectivity index (χ2v) is 8.27. The molecule has 0 amide bonds. The molecule has 5 nitrogen and oxygen atoms in total. The molecule has 25 heavy (non-hydrogen) atoms. The van der Waals surface area contributed by atoms with Crippen molar-refractivity contribution in [3.05, 3.63) is 58.8 Å². The number of sulfone groups is 1. The number of anilines is 1. The van der Waals surface area contributed by atoms with Gasteiger partial charge in [-0.15, -0.1) is 0 Å². The van der Waals surface area contributed by atoms with Crippen molar-refractivity contribution < 1.29 is 17.2 Å². The Hall–Kier alpha value is -2.19. The average Bonchev–Trinajstić information content (AvgIpc) is 3.02. The van der Waals surface area contributed by atoms with Crippen LogP contribution in [-0.4, -0.2) is 27.5 Å². The molecule has 0 aliphatic carbocycles. The Morgan fingerprint density at radius 3 is 2.20 bits per heavy atom. The van der Waals surface area contributed by atoms with Gasteiger partial charge < -0.3 is 9.32 Å². The zero-order valence-electron chi connectivity index (χ0n) is 13.4. The van der Waals surface area contributed by atoms with E-state index in [-0.39, 0.29) is 21.7 Å². The standard InChI is InChI=1S/C17H14BrFN2O3S/c1-21(2)17-16(25(22,23)14-9-5-12(18)6-10-14)20-15(24-17)11-3-7-13(19)8-4-11/h3-10H,1-2H3. The number of rotatable bonds is 4. The first-order valence-electron chi connectivity index (χ1n) is 7.24. The summed E-state index contributed by atoms with van der Waals surface area (Å²) in [6.45, 7) is 0. The highest BCUT2D eigenvalue weighted by molar-refractivity contribution is 9.10. The molecular formula is C17H14BrFN2O3S. The van der Waals surface area contributed by atoms with Crippen LogP contribution in [0.1, 0.15) is 0 Å². The predicted molar refractivity (Wildman–Crippen MR) is 95.8 cm³/mol. The zero-order valence-corrected chi connectivity index (χ0v) is 15.8. The molecule has 0 atom stereocenters. The molecule has 3 aromatic rings. The number of oxazole rings is 1. The van der Waals surface area contributed by atoms with Gasteiger partial charge in [-0.25, -0.2) is 12.8 Å². The second-order valence-electron chi connectivity index (χ2n) is 5.49. The Kier molecular flexibility index (Phi) is 4.66. The van der Waals surface area contributed by atoms with Gasteiger partial charge in [-0.05, 0) is 48.5 Å². The molecule has 2 aromatic carbocycles.